The largest absolute Gasteiger partial charge is 0.493 e. The standard InChI is InChI=1S/C20H20INO5/c1-12-5-4-6-14(7-12)11-27-19-16(21)8-15(10-18(19)26-3)9-17(20(24)25)22-13(2)23/h4-10H,11H2,1-3H3,(H,22,23)(H,24,25). The first-order chi connectivity index (χ1) is 12.8. The van der Waals surface area contributed by atoms with Crippen molar-refractivity contribution in [1.82, 2.24) is 5.32 Å². The molecule has 0 heterocycles. The van der Waals surface area contributed by atoms with Gasteiger partial charge >= 0.3 is 5.97 Å². The molecule has 0 fully saturated rings. The second-order valence-corrected chi connectivity index (χ2v) is 7.02. The smallest absolute Gasteiger partial charge is 0.352 e. The van der Waals surface area contributed by atoms with Crippen LogP contribution in [0.1, 0.15) is 23.6 Å². The minimum absolute atomic E-state index is 0.214. The first-order valence-corrected chi connectivity index (χ1v) is 9.16. The van der Waals surface area contributed by atoms with E-state index in [1.807, 2.05) is 31.2 Å². The molecule has 0 bridgehead atoms. The summed E-state index contributed by atoms with van der Waals surface area (Å²) < 4.78 is 12.1. The van der Waals surface area contributed by atoms with Crippen molar-refractivity contribution >= 4 is 40.5 Å². The Morgan fingerprint density at radius 3 is 2.59 bits per heavy atom. The summed E-state index contributed by atoms with van der Waals surface area (Å²) >= 11 is 2.10. The molecule has 0 aliphatic carbocycles. The van der Waals surface area contributed by atoms with Crippen LogP contribution in [0.2, 0.25) is 0 Å². The molecule has 0 spiro atoms. The van der Waals surface area contributed by atoms with E-state index in [0.717, 1.165) is 14.7 Å². The summed E-state index contributed by atoms with van der Waals surface area (Å²) in [6.45, 7) is 3.66. The molecule has 27 heavy (non-hydrogen) atoms. The number of aliphatic carboxylic acids is 1. The Balaban J connectivity index is 2.30. The third kappa shape index (κ3) is 5.99. The van der Waals surface area contributed by atoms with Crippen LogP contribution in [-0.2, 0) is 16.2 Å². The summed E-state index contributed by atoms with van der Waals surface area (Å²) in [7, 11) is 1.52. The lowest BCUT2D eigenvalue weighted by Gasteiger charge is -2.14. The molecule has 6 nitrogen and oxygen atoms in total. The number of ether oxygens (including phenoxy) is 2. The fraction of sp³-hybridized carbons (Fsp3) is 0.200. The third-order valence-electron chi connectivity index (χ3n) is 3.57. The van der Waals surface area contributed by atoms with Gasteiger partial charge < -0.3 is 19.9 Å². The molecule has 1 amide bonds. The van der Waals surface area contributed by atoms with Gasteiger partial charge in [-0.2, -0.15) is 0 Å². The molecule has 0 atom stereocenters. The normalized spacial score (nSPS) is 11.0. The zero-order chi connectivity index (χ0) is 20.0. The predicted molar refractivity (Wildman–Crippen MR) is 111 cm³/mol. The number of hydrogen-bond acceptors (Lipinski definition) is 4. The lowest BCUT2D eigenvalue weighted by atomic mass is 10.1. The van der Waals surface area contributed by atoms with Crippen LogP contribution in [0.4, 0.5) is 0 Å². The molecular formula is C20H20INO5. The van der Waals surface area contributed by atoms with Crippen LogP contribution < -0.4 is 14.8 Å². The predicted octanol–water partition coefficient (Wildman–Crippen LogP) is 3.75. The number of carboxylic acids is 1. The maximum atomic E-state index is 11.3. The number of carbonyl (C=O) groups is 2. The SMILES string of the molecule is COc1cc(C=C(NC(C)=O)C(=O)O)cc(I)c1OCc1cccc(C)c1. The number of rotatable bonds is 7. The Morgan fingerprint density at radius 1 is 1.26 bits per heavy atom. The lowest BCUT2D eigenvalue weighted by Crippen LogP contribution is -2.24. The van der Waals surface area contributed by atoms with Gasteiger partial charge in [-0.3, -0.25) is 4.79 Å². The maximum absolute atomic E-state index is 11.3. The minimum atomic E-state index is -1.22. The Kier molecular flexibility index (Phi) is 7.23. The number of hydrogen-bond donors (Lipinski definition) is 2. The third-order valence-corrected chi connectivity index (χ3v) is 4.37. The van der Waals surface area contributed by atoms with Crippen molar-refractivity contribution in [3.05, 3.63) is 62.4 Å². The summed E-state index contributed by atoms with van der Waals surface area (Å²) in [6, 6.07) is 11.4. The van der Waals surface area contributed by atoms with Gasteiger partial charge in [0.25, 0.3) is 0 Å². The van der Waals surface area contributed by atoms with E-state index in [0.29, 0.717) is 23.7 Å². The Hall–Kier alpha value is -2.55. The monoisotopic (exact) mass is 481 g/mol. The highest BCUT2D eigenvalue weighted by atomic mass is 127. The van der Waals surface area contributed by atoms with E-state index in [9.17, 15) is 14.7 Å². The zero-order valence-corrected chi connectivity index (χ0v) is 17.4. The van der Waals surface area contributed by atoms with Gasteiger partial charge in [0, 0.05) is 6.92 Å². The van der Waals surface area contributed by atoms with Crippen LogP contribution in [0.3, 0.4) is 0 Å². The number of halogens is 1. The first kappa shape index (κ1) is 20.8. The zero-order valence-electron chi connectivity index (χ0n) is 15.2. The van der Waals surface area contributed by atoms with E-state index in [4.69, 9.17) is 9.47 Å². The van der Waals surface area contributed by atoms with E-state index in [-0.39, 0.29) is 5.70 Å². The molecule has 0 saturated heterocycles. The summed E-state index contributed by atoms with van der Waals surface area (Å²) in [5.41, 5.74) is 2.55. The summed E-state index contributed by atoms with van der Waals surface area (Å²) in [6.07, 6.45) is 1.37. The maximum Gasteiger partial charge on any atom is 0.352 e. The van der Waals surface area contributed by atoms with Crippen molar-refractivity contribution in [1.29, 1.82) is 0 Å². The van der Waals surface area contributed by atoms with Crippen molar-refractivity contribution in [3.63, 3.8) is 0 Å². The van der Waals surface area contributed by atoms with Crippen molar-refractivity contribution in [2.75, 3.05) is 7.11 Å². The molecule has 0 aliphatic heterocycles. The Morgan fingerprint density at radius 2 is 2.00 bits per heavy atom. The molecule has 2 rings (SSSR count). The molecule has 0 aliphatic rings. The van der Waals surface area contributed by atoms with E-state index < -0.39 is 11.9 Å². The van der Waals surface area contributed by atoms with Gasteiger partial charge in [0.1, 0.15) is 12.3 Å². The molecule has 2 N–H and O–H groups in total. The lowest BCUT2D eigenvalue weighted by molar-refractivity contribution is -0.134. The van der Waals surface area contributed by atoms with Crippen LogP contribution >= 0.6 is 22.6 Å². The van der Waals surface area contributed by atoms with Gasteiger partial charge in [-0.15, -0.1) is 0 Å². The summed E-state index contributed by atoms with van der Waals surface area (Å²) in [5.74, 6) is -0.621. The summed E-state index contributed by atoms with van der Waals surface area (Å²) in [4.78, 5) is 22.5. The number of carbonyl (C=O) groups excluding carboxylic acids is 1. The minimum Gasteiger partial charge on any atom is -0.493 e. The second kappa shape index (κ2) is 9.40. The van der Waals surface area contributed by atoms with Crippen LogP contribution in [0.15, 0.2) is 42.1 Å². The fourth-order valence-corrected chi connectivity index (χ4v) is 3.21. The first-order valence-electron chi connectivity index (χ1n) is 8.08. The molecule has 0 aromatic heterocycles. The second-order valence-electron chi connectivity index (χ2n) is 5.86. The van der Waals surface area contributed by atoms with Crippen molar-refractivity contribution in [2.24, 2.45) is 0 Å². The number of carboxylic acid groups (broad SMARTS) is 1. The van der Waals surface area contributed by atoms with Gasteiger partial charge in [0.15, 0.2) is 11.5 Å². The van der Waals surface area contributed by atoms with Gasteiger partial charge in [-0.05, 0) is 58.9 Å². The molecular weight excluding hydrogens is 461 g/mol. The molecule has 2 aromatic carbocycles. The molecule has 2 aromatic rings. The highest BCUT2D eigenvalue weighted by Crippen LogP contribution is 2.35. The quantitative estimate of drug-likeness (QED) is 0.465. The van der Waals surface area contributed by atoms with E-state index >= 15 is 0 Å². The average Bonchev–Trinajstić information content (AvgIpc) is 2.59. The van der Waals surface area contributed by atoms with E-state index in [2.05, 4.69) is 27.9 Å². The number of benzene rings is 2. The summed E-state index contributed by atoms with van der Waals surface area (Å²) in [5, 5.41) is 11.5. The van der Waals surface area contributed by atoms with Crippen LogP contribution in [0, 0.1) is 10.5 Å². The highest BCUT2D eigenvalue weighted by Gasteiger charge is 2.14. The molecule has 142 valence electrons. The van der Waals surface area contributed by atoms with Crippen molar-refractivity contribution in [3.8, 4) is 11.5 Å². The van der Waals surface area contributed by atoms with Crippen molar-refractivity contribution in [2.45, 2.75) is 20.5 Å². The number of aryl methyl sites for hydroxylation is 1. The molecule has 0 radical (unpaired) electrons. The number of nitrogens with one attached hydrogen (secondary N) is 1. The van der Waals surface area contributed by atoms with Gasteiger partial charge in [0.05, 0.1) is 10.7 Å². The van der Waals surface area contributed by atoms with Crippen LogP contribution in [-0.4, -0.2) is 24.1 Å². The van der Waals surface area contributed by atoms with E-state index in [1.165, 1.54) is 20.1 Å². The van der Waals surface area contributed by atoms with E-state index in [1.54, 1.807) is 12.1 Å². The fourth-order valence-electron chi connectivity index (χ4n) is 2.43. The molecule has 0 saturated carbocycles. The van der Waals surface area contributed by atoms with Crippen molar-refractivity contribution < 1.29 is 24.2 Å². The average molecular weight is 481 g/mol. The molecule has 7 heteroatoms. The van der Waals surface area contributed by atoms with Crippen LogP contribution in [0.25, 0.3) is 6.08 Å². The van der Waals surface area contributed by atoms with Gasteiger partial charge in [-0.25, -0.2) is 4.79 Å². The number of methoxy groups -OCH3 is 1. The molecule has 0 unspecified atom stereocenters. The Bertz CT molecular complexity index is 892. The number of amides is 1. The van der Waals surface area contributed by atoms with Gasteiger partial charge in [0.2, 0.25) is 5.91 Å². The highest BCUT2D eigenvalue weighted by molar-refractivity contribution is 14.1. The van der Waals surface area contributed by atoms with Gasteiger partial charge in [-0.1, -0.05) is 29.8 Å². The van der Waals surface area contributed by atoms with Crippen LogP contribution in [0.5, 0.6) is 11.5 Å². The topological polar surface area (TPSA) is 84.9 Å². The Labute approximate surface area is 171 Å².